The van der Waals surface area contributed by atoms with Gasteiger partial charge in [0, 0.05) is 43.2 Å². The first-order valence-electron chi connectivity index (χ1n) is 11.3. The fourth-order valence-electron chi connectivity index (χ4n) is 4.11. The van der Waals surface area contributed by atoms with E-state index in [1.807, 2.05) is 29.2 Å². The van der Waals surface area contributed by atoms with Crippen molar-refractivity contribution in [2.75, 3.05) is 45.5 Å². The number of hydrogen-bond donors (Lipinski definition) is 1. The first-order chi connectivity index (χ1) is 16.5. The highest BCUT2D eigenvalue weighted by Crippen LogP contribution is 2.36. The van der Waals surface area contributed by atoms with Gasteiger partial charge in [-0.05, 0) is 42.2 Å². The molecule has 2 aromatic carbocycles. The smallest absolute Gasteiger partial charge is 0.321 e. The zero-order chi connectivity index (χ0) is 24.1. The number of nitrogens with one attached hydrogen (secondary N) is 1. The van der Waals surface area contributed by atoms with Crippen molar-refractivity contribution in [1.82, 2.24) is 4.90 Å². The van der Waals surface area contributed by atoms with Gasteiger partial charge in [0.15, 0.2) is 17.2 Å². The Labute approximate surface area is 204 Å². The van der Waals surface area contributed by atoms with Crippen LogP contribution in [-0.2, 0) is 0 Å². The van der Waals surface area contributed by atoms with Crippen LogP contribution in [0.4, 0.5) is 10.5 Å². The molecule has 1 N–H and O–H groups in total. The fraction of sp³-hybridized carbons (Fsp3) is 0.400. The average Bonchev–Trinajstić information content (AvgIpc) is 3.22. The van der Waals surface area contributed by atoms with E-state index in [-0.39, 0.29) is 6.03 Å². The molecule has 2 heterocycles. The molecule has 2 amide bonds. The molecule has 0 bridgehead atoms. The Balaban J connectivity index is 1.45. The number of benzene rings is 2. The van der Waals surface area contributed by atoms with E-state index in [2.05, 4.69) is 12.2 Å². The van der Waals surface area contributed by atoms with E-state index in [1.165, 1.54) is 0 Å². The van der Waals surface area contributed by atoms with Crippen molar-refractivity contribution in [1.29, 1.82) is 0 Å². The van der Waals surface area contributed by atoms with Crippen molar-refractivity contribution in [2.45, 2.75) is 25.4 Å². The van der Waals surface area contributed by atoms with Crippen LogP contribution in [0.2, 0.25) is 0 Å². The van der Waals surface area contributed by atoms with Gasteiger partial charge in [0.2, 0.25) is 0 Å². The molecule has 0 radical (unpaired) electrons. The van der Waals surface area contributed by atoms with Crippen LogP contribution >= 0.6 is 11.8 Å². The summed E-state index contributed by atoms with van der Waals surface area (Å²) < 4.78 is 15.9. The minimum absolute atomic E-state index is 0.147. The molecule has 4 rings (SSSR count). The maximum atomic E-state index is 12.9. The third kappa shape index (κ3) is 4.99. The number of anilines is 1. The Bertz CT molecular complexity index is 1090. The van der Waals surface area contributed by atoms with Gasteiger partial charge in [-0.25, -0.2) is 9.79 Å². The number of likely N-dealkylation sites (tertiary alicyclic amines) is 1. The van der Waals surface area contributed by atoms with Gasteiger partial charge in [-0.2, -0.15) is 0 Å². The second kappa shape index (κ2) is 10.4. The lowest BCUT2D eigenvalue weighted by atomic mass is 9.98. The van der Waals surface area contributed by atoms with E-state index in [1.54, 1.807) is 51.3 Å². The third-order valence-electron chi connectivity index (χ3n) is 5.96. The largest absolute Gasteiger partial charge is 0.497 e. The Hall–Kier alpha value is -3.20. The summed E-state index contributed by atoms with van der Waals surface area (Å²) in [7, 11) is 4.81. The molecule has 0 saturated carbocycles. The van der Waals surface area contributed by atoms with Gasteiger partial charge in [0.25, 0.3) is 0 Å². The summed E-state index contributed by atoms with van der Waals surface area (Å²) in [5, 5.41) is 3.92. The molecule has 0 unspecified atom stereocenters. The molecule has 1 fully saturated rings. The number of aliphatic imine (C=N–C) groups is 2. The summed E-state index contributed by atoms with van der Waals surface area (Å²) in [4.78, 5) is 24.8. The number of methoxy groups -OCH3 is 3. The van der Waals surface area contributed by atoms with Crippen molar-refractivity contribution in [3.05, 3.63) is 48.0 Å². The summed E-state index contributed by atoms with van der Waals surface area (Å²) in [6, 6.07) is 13.1. The standard InChI is InChI=1S/C25H30N4O4S/c1-5-34-23-22(17-6-9-19(31-2)10-7-17)27-25(28-23)12-14-29(15-13-25)24(30)26-18-8-11-20(32-3)21(16-18)33-4/h6-11,16H,5,12-15H2,1-4H3,(H,26,30). The highest BCUT2D eigenvalue weighted by molar-refractivity contribution is 8.15. The highest BCUT2D eigenvalue weighted by atomic mass is 32.2. The zero-order valence-electron chi connectivity index (χ0n) is 20.0. The van der Waals surface area contributed by atoms with Gasteiger partial charge in [-0.3, -0.25) is 4.99 Å². The van der Waals surface area contributed by atoms with Crippen LogP contribution in [0, 0.1) is 0 Å². The lowest BCUT2D eigenvalue weighted by molar-refractivity contribution is 0.175. The van der Waals surface area contributed by atoms with E-state index in [9.17, 15) is 4.79 Å². The Morgan fingerprint density at radius 3 is 2.32 bits per heavy atom. The second-order valence-electron chi connectivity index (χ2n) is 8.01. The fourth-order valence-corrected chi connectivity index (χ4v) is 4.91. The molecular weight excluding hydrogens is 452 g/mol. The number of piperidine rings is 1. The summed E-state index contributed by atoms with van der Waals surface area (Å²) in [6.07, 6.45) is 1.36. The summed E-state index contributed by atoms with van der Waals surface area (Å²) in [5.41, 5.74) is 2.11. The van der Waals surface area contributed by atoms with Gasteiger partial charge in [-0.1, -0.05) is 6.92 Å². The molecule has 1 saturated heterocycles. The van der Waals surface area contributed by atoms with Crippen molar-refractivity contribution < 1.29 is 19.0 Å². The van der Waals surface area contributed by atoms with E-state index < -0.39 is 5.66 Å². The van der Waals surface area contributed by atoms with Crippen LogP contribution in [0.3, 0.4) is 0 Å². The number of amides is 2. The number of carbonyl (C=O) groups excluding carboxylic acids is 1. The van der Waals surface area contributed by atoms with Crippen LogP contribution in [0.5, 0.6) is 17.2 Å². The predicted octanol–water partition coefficient (Wildman–Crippen LogP) is 4.69. The number of ether oxygens (including phenoxy) is 3. The molecule has 0 atom stereocenters. The SMILES string of the molecule is CCSC1=NC2(CCN(C(=O)Nc3ccc(OC)c(OC)c3)CC2)N=C1c1ccc(OC)cc1. The lowest BCUT2D eigenvalue weighted by Gasteiger charge is -2.35. The number of urea groups is 1. The molecule has 2 aliphatic rings. The Kier molecular flexibility index (Phi) is 7.31. The second-order valence-corrected chi connectivity index (χ2v) is 9.26. The van der Waals surface area contributed by atoms with Crippen molar-refractivity contribution >= 4 is 34.2 Å². The average molecular weight is 483 g/mol. The first kappa shape index (κ1) is 23.9. The van der Waals surface area contributed by atoms with Crippen LogP contribution < -0.4 is 19.5 Å². The molecular formula is C25H30N4O4S. The minimum Gasteiger partial charge on any atom is -0.497 e. The maximum absolute atomic E-state index is 12.9. The Morgan fingerprint density at radius 1 is 1.00 bits per heavy atom. The quantitative estimate of drug-likeness (QED) is 0.646. The van der Waals surface area contributed by atoms with Crippen molar-refractivity contribution in [3.8, 4) is 17.2 Å². The van der Waals surface area contributed by atoms with Crippen molar-refractivity contribution in [3.63, 3.8) is 0 Å². The number of rotatable bonds is 6. The van der Waals surface area contributed by atoms with Crippen LogP contribution in [0.15, 0.2) is 52.4 Å². The van der Waals surface area contributed by atoms with Gasteiger partial charge < -0.3 is 24.4 Å². The number of hydrogen-bond acceptors (Lipinski definition) is 7. The topological polar surface area (TPSA) is 84.8 Å². The van der Waals surface area contributed by atoms with E-state index in [0.717, 1.165) is 27.8 Å². The lowest BCUT2D eigenvalue weighted by Crippen LogP contribution is -2.46. The summed E-state index contributed by atoms with van der Waals surface area (Å²) in [6.45, 7) is 3.27. The predicted molar refractivity (Wildman–Crippen MR) is 137 cm³/mol. The number of nitrogens with zero attached hydrogens (tertiary/aromatic N) is 3. The van der Waals surface area contributed by atoms with Gasteiger partial charge >= 0.3 is 6.03 Å². The maximum Gasteiger partial charge on any atom is 0.321 e. The molecule has 2 aromatic rings. The normalized spacial score (nSPS) is 16.6. The molecule has 0 aromatic heterocycles. The zero-order valence-corrected chi connectivity index (χ0v) is 20.8. The highest BCUT2D eigenvalue weighted by Gasteiger charge is 2.40. The number of thioether (sulfide) groups is 1. The molecule has 9 heteroatoms. The molecule has 180 valence electrons. The molecule has 1 spiro atoms. The third-order valence-corrected chi connectivity index (χ3v) is 6.81. The molecule has 34 heavy (non-hydrogen) atoms. The van der Waals surface area contributed by atoms with Crippen LogP contribution in [-0.4, -0.2) is 67.5 Å². The number of carbonyl (C=O) groups is 1. The van der Waals surface area contributed by atoms with Crippen molar-refractivity contribution in [2.24, 2.45) is 9.98 Å². The van der Waals surface area contributed by atoms with E-state index in [4.69, 9.17) is 24.2 Å². The Morgan fingerprint density at radius 2 is 1.71 bits per heavy atom. The van der Waals surface area contributed by atoms with Gasteiger partial charge in [0.1, 0.15) is 10.8 Å². The molecule has 0 aliphatic carbocycles. The summed E-state index contributed by atoms with van der Waals surface area (Å²) >= 11 is 1.71. The molecule has 8 nitrogen and oxygen atoms in total. The minimum atomic E-state index is -0.507. The van der Waals surface area contributed by atoms with Crippen LogP contribution in [0.1, 0.15) is 25.3 Å². The van der Waals surface area contributed by atoms with E-state index in [0.29, 0.717) is 43.1 Å². The monoisotopic (exact) mass is 482 g/mol. The summed E-state index contributed by atoms with van der Waals surface area (Å²) in [5.74, 6) is 2.92. The first-order valence-corrected chi connectivity index (χ1v) is 12.2. The van der Waals surface area contributed by atoms with Crippen LogP contribution in [0.25, 0.3) is 0 Å². The van der Waals surface area contributed by atoms with Gasteiger partial charge in [0.05, 0.1) is 27.0 Å². The van der Waals surface area contributed by atoms with Gasteiger partial charge in [-0.15, -0.1) is 11.8 Å². The van der Waals surface area contributed by atoms with E-state index >= 15 is 0 Å². The molecule has 2 aliphatic heterocycles.